The molecule has 2 aromatic carbocycles. The first kappa shape index (κ1) is 21.2. The first-order chi connectivity index (χ1) is 16.1. The van der Waals surface area contributed by atoms with Crippen LogP contribution in [-0.2, 0) is 23.2 Å². The summed E-state index contributed by atoms with van der Waals surface area (Å²) in [7, 11) is 2.02. The van der Waals surface area contributed by atoms with Crippen LogP contribution in [0.5, 0.6) is 0 Å². The van der Waals surface area contributed by atoms with Crippen molar-refractivity contribution in [1.29, 1.82) is 0 Å². The summed E-state index contributed by atoms with van der Waals surface area (Å²) in [5, 5.41) is 6.48. The molecule has 1 aliphatic heterocycles. The van der Waals surface area contributed by atoms with Gasteiger partial charge in [-0.2, -0.15) is 0 Å². The SMILES string of the molecule is Cn1ccc2cc(-c3csc(NC(=O)C4CCCN4C(=O)OCc4ccccc4)n3)ccc21. The van der Waals surface area contributed by atoms with Crippen LogP contribution in [0.15, 0.2) is 66.2 Å². The van der Waals surface area contributed by atoms with Gasteiger partial charge in [0.2, 0.25) is 5.91 Å². The molecular formula is C25H24N4O3S. The molecule has 33 heavy (non-hydrogen) atoms. The number of ether oxygens (including phenoxy) is 1. The number of amides is 2. The minimum atomic E-state index is -0.554. The molecule has 0 radical (unpaired) electrons. The van der Waals surface area contributed by atoms with Gasteiger partial charge in [-0.1, -0.05) is 36.4 Å². The van der Waals surface area contributed by atoms with Crippen LogP contribution in [-0.4, -0.2) is 39.0 Å². The van der Waals surface area contributed by atoms with E-state index in [9.17, 15) is 9.59 Å². The number of benzene rings is 2. The Bertz CT molecular complexity index is 1300. The molecular weight excluding hydrogens is 436 g/mol. The maximum Gasteiger partial charge on any atom is 0.410 e. The van der Waals surface area contributed by atoms with Crippen molar-refractivity contribution in [1.82, 2.24) is 14.5 Å². The van der Waals surface area contributed by atoms with Crippen LogP contribution in [0.3, 0.4) is 0 Å². The van der Waals surface area contributed by atoms with Crippen LogP contribution in [0.1, 0.15) is 18.4 Å². The van der Waals surface area contributed by atoms with E-state index in [2.05, 4.69) is 33.1 Å². The Morgan fingerprint density at radius 1 is 1.18 bits per heavy atom. The summed E-state index contributed by atoms with van der Waals surface area (Å²) in [4.78, 5) is 31.6. The monoisotopic (exact) mass is 460 g/mol. The lowest BCUT2D eigenvalue weighted by Crippen LogP contribution is -2.43. The number of anilines is 1. The Hall–Kier alpha value is -3.65. The lowest BCUT2D eigenvalue weighted by atomic mass is 10.1. The fourth-order valence-corrected chi connectivity index (χ4v) is 4.88. The number of thiazole rings is 1. The van der Waals surface area contributed by atoms with E-state index in [1.165, 1.54) is 16.2 Å². The van der Waals surface area contributed by atoms with Gasteiger partial charge >= 0.3 is 6.09 Å². The van der Waals surface area contributed by atoms with Gasteiger partial charge in [-0.15, -0.1) is 11.3 Å². The molecule has 3 heterocycles. The number of aryl methyl sites for hydroxylation is 1. The van der Waals surface area contributed by atoms with Crippen molar-refractivity contribution in [3.05, 3.63) is 71.7 Å². The van der Waals surface area contributed by atoms with Gasteiger partial charge in [0, 0.05) is 41.6 Å². The standard InChI is InChI=1S/C25H24N4O3S/c1-28-13-11-19-14-18(9-10-21(19)28)20-16-33-24(26-20)27-23(30)22-8-5-12-29(22)25(31)32-15-17-6-3-2-4-7-17/h2-4,6-7,9-11,13-14,16,22H,5,8,12,15H2,1H3,(H,26,27,30). The van der Waals surface area contributed by atoms with Crippen molar-refractivity contribution in [2.45, 2.75) is 25.5 Å². The highest BCUT2D eigenvalue weighted by Crippen LogP contribution is 2.29. The Morgan fingerprint density at radius 3 is 2.88 bits per heavy atom. The molecule has 0 aliphatic carbocycles. The highest BCUT2D eigenvalue weighted by Gasteiger charge is 2.35. The topological polar surface area (TPSA) is 76.5 Å². The fourth-order valence-electron chi connectivity index (χ4n) is 4.15. The first-order valence-corrected chi connectivity index (χ1v) is 11.8. The molecule has 0 saturated carbocycles. The summed E-state index contributed by atoms with van der Waals surface area (Å²) in [6, 6.07) is 17.2. The van der Waals surface area contributed by atoms with Gasteiger partial charge in [-0.3, -0.25) is 9.69 Å². The summed E-state index contributed by atoms with van der Waals surface area (Å²) in [5.41, 5.74) is 3.88. The molecule has 2 aromatic heterocycles. The molecule has 1 unspecified atom stereocenters. The lowest BCUT2D eigenvalue weighted by Gasteiger charge is -2.22. The molecule has 1 fully saturated rings. The first-order valence-electron chi connectivity index (χ1n) is 10.9. The molecule has 7 nitrogen and oxygen atoms in total. The molecule has 2 amide bonds. The molecule has 168 valence electrons. The molecule has 1 saturated heterocycles. The maximum absolute atomic E-state index is 12.9. The number of aromatic nitrogens is 2. The van der Waals surface area contributed by atoms with Crippen molar-refractivity contribution < 1.29 is 14.3 Å². The van der Waals surface area contributed by atoms with Crippen LogP contribution < -0.4 is 5.32 Å². The average molecular weight is 461 g/mol. The predicted molar refractivity (Wildman–Crippen MR) is 129 cm³/mol. The molecule has 1 N–H and O–H groups in total. The van der Waals surface area contributed by atoms with E-state index in [1.807, 2.05) is 55.0 Å². The second kappa shape index (κ2) is 9.07. The number of hydrogen-bond donors (Lipinski definition) is 1. The van der Waals surface area contributed by atoms with Gasteiger partial charge in [0.15, 0.2) is 5.13 Å². The van der Waals surface area contributed by atoms with Gasteiger partial charge < -0.3 is 14.6 Å². The second-order valence-corrected chi connectivity index (χ2v) is 8.98. The van der Waals surface area contributed by atoms with Crippen molar-refractivity contribution >= 4 is 39.4 Å². The lowest BCUT2D eigenvalue weighted by molar-refractivity contribution is -0.120. The second-order valence-electron chi connectivity index (χ2n) is 8.12. The zero-order valence-corrected chi connectivity index (χ0v) is 19.0. The summed E-state index contributed by atoms with van der Waals surface area (Å²) >= 11 is 1.38. The smallest absolute Gasteiger partial charge is 0.410 e. The summed E-state index contributed by atoms with van der Waals surface area (Å²) in [6.07, 6.45) is 2.93. The molecule has 8 heteroatoms. The van der Waals surface area contributed by atoms with E-state index in [0.717, 1.165) is 34.1 Å². The van der Waals surface area contributed by atoms with Crippen molar-refractivity contribution in [2.24, 2.45) is 7.05 Å². The highest BCUT2D eigenvalue weighted by molar-refractivity contribution is 7.14. The third-order valence-corrected chi connectivity index (χ3v) is 6.67. The number of likely N-dealkylation sites (tertiary alicyclic amines) is 1. The van der Waals surface area contributed by atoms with E-state index < -0.39 is 12.1 Å². The van der Waals surface area contributed by atoms with E-state index in [0.29, 0.717) is 18.1 Å². The van der Waals surface area contributed by atoms with Gasteiger partial charge in [0.25, 0.3) is 0 Å². The van der Waals surface area contributed by atoms with E-state index in [-0.39, 0.29) is 12.5 Å². The number of nitrogens with one attached hydrogen (secondary N) is 1. The molecule has 0 spiro atoms. The third kappa shape index (κ3) is 4.47. The Balaban J connectivity index is 1.23. The number of carbonyl (C=O) groups is 2. The molecule has 5 rings (SSSR count). The number of carbonyl (C=O) groups excluding carboxylic acids is 2. The van der Waals surface area contributed by atoms with Gasteiger partial charge in [0.1, 0.15) is 12.6 Å². The number of nitrogens with zero attached hydrogens (tertiary/aromatic N) is 3. The average Bonchev–Trinajstić information content (AvgIpc) is 3.58. The summed E-state index contributed by atoms with van der Waals surface area (Å²) in [5.74, 6) is -0.233. The van der Waals surface area contributed by atoms with Crippen molar-refractivity contribution in [3.63, 3.8) is 0 Å². The number of fused-ring (bicyclic) bond motifs is 1. The Kier molecular flexibility index (Phi) is 5.83. The molecule has 4 aromatic rings. The highest BCUT2D eigenvalue weighted by atomic mass is 32.1. The number of hydrogen-bond acceptors (Lipinski definition) is 5. The van der Waals surface area contributed by atoms with Crippen molar-refractivity contribution in [2.75, 3.05) is 11.9 Å². The molecule has 1 atom stereocenters. The third-order valence-electron chi connectivity index (χ3n) is 5.91. The normalized spacial score (nSPS) is 15.7. The largest absolute Gasteiger partial charge is 0.445 e. The zero-order valence-electron chi connectivity index (χ0n) is 18.2. The van der Waals surface area contributed by atoms with E-state index >= 15 is 0 Å². The van der Waals surface area contributed by atoms with E-state index in [4.69, 9.17) is 4.74 Å². The van der Waals surface area contributed by atoms with Crippen LogP contribution in [0, 0.1) is 0 Å². The van der Waals surface area contributed by atoms with Gasteiger partial charge in [-0.05, 0) is 36.6 Å². The molecule has 1 aliphatic rings. The Labute approximate surface area is 195 Å². The maximum atomic E-state index is 12.9. The van der Waals surface area contributed by atoms with Crippen LogP contribution in [0.4, 0.5) is 9.93 Å². The minimum Gasteiger partial charge on any atom is -0.445 e. The molecule has 0 bridgehead atoms. The predicted octanol–water partition coefficient (Wildman–Crippen LogP) is 5.04. The zero-order chi connectivity index (χ0) is 22.8. The Morgan fingerprint density at radius 2 is 2.03 bits per heavy atom. The quantitative estimate of drug-likeness (QED) is 0.453. The van der Waals surface area contributed by atoms with Crippen LogP contribution in [0.2, 0.25) is 0 Å². The summed E-state index contributed by atoms with van der Waals surface area (Å²) in [6.45, 7) is 0.692. The minimum absolute atomic E-state index is 0.187. The summed E-state index contributed by atoms with van der Waals surface area (Å²) < 4.78 is 7.51. The van der Waals surface area contributed by atoms with Gasteiger partial charge in [-0.25, -0.2) is 9.78 Å². The van der Waals surface area contributed by atoms with Gasteiger partial charge in [0.05, 0.1) is 5.69 Å². The van der Waals surface area contributed by atoms with Crippen molar-refractivity contribution in [3.8, 4) is 11.3 Å². The fraction of sp³-hybridized carbons (Fsp3) is 0.240. The van der Waals surface area contributed by atoms with Crippen LogP contribution >= 0.6 is 11.3 Å². The van der Waals surface area contributed by atoms with E-state index in [1.54, 1.807) is 0 Å². The van der Waals surface area contributed by atoms with Crippen LogP contribution in [0.25, 0.3) is 22.2 Å². The number of rotatable bonds is 5.